The average Bonchev–Trinajstić information content (AvgIpc) is 3.24. The molecule has 0 saturated carbocycles. The minimum Gasteiger partial charge on any atom is -0.457 e. The smallest absolute Gasteiger partial charge is 0.306 e. The molecule has 1 aliphatic heterocycles. The van der Waals surface area contributed by atoms with Crippen LogP contribution in [-0.4, -0.2) is 89.6 Å². The molecule has 9 heteroatoms. The van der Waals surface area contributed by atoms with E-state index in [1.165, 1.54) is 83.5 Å². The lowest BCUT2D eigenvalue weighted by Crippen LogP contribution is -2.59. The standard InChI is InChI=1S/C50H88O9/c1-3-5-7-9-11-13-15-16-17-18-19-20-21-22-23-24-25-26-27-28-29-30-32-34-36-38-40-56-42-44(43-57-50-49(55)48(54)47(53)45(41-51)59-50)58-46(52)39-37-35-33-31-14-12-10-8-6-4-2/h5,7-8,10-11,13,16-17,19-20,44-45,47-51,53-55H,3-4,6,9,12,14-15,18,21-43H2,1-2H3/b7-5-,10-8-,13-11-,17-16-,20-19-. The second-order valence-electron chi connectivity index (χ2n) is 16.2. The van der Waals surface area contributed by atoms with Crippen LogP contribution in [0.4, 0.5) is 0 Å². The van der Waals surface area contributed by atoms with Crippen molar-refractivity contribution in [2.24, 2.45) is 0 Å². The van der Waals surface area contributed by atoms with Gasteiger partial charge in [0.1, 0.15) is 30.5 Å². The molecule has 0 aromatic heterocycles. The first-order chi connectivity index (χ1) is 28.9. The van der Waals surface area contributed by atoms with Gasteiger partial charge in [-0.25, -0.2) is 0 Å². The van der Waals surface area contributed by atoms with Gasteiger partial charge >= 0.3 is 5.97 Å². The fourth-order valence-corrected chi connectivity index (χ4v) is 6.96. The summed E-state index contributed by atoms with van der Waals surface area (Å²) >= 11 is 0. The maximum Gasteiger partial charge on any atom is 0.306 e. The molecule has 0 bridgehead atoms. The minimum absolute atomic E-state index is 0.118. The van der Waals surface area contributed by atoms with Crippen molar-refractivity contribution in [2.75, 3.05) is 26.4 Å². The predicted octanol–water partition coefficient (Wildman–Crippen LogP) is 11.1. The summed E-state index contributed by atoms with van der Waals surface area (Å²) in [6.07, 6.45) is 45.5. The molecule has 1 saturated heterocycles. The molecule has 1 rings (SSSR count). The van der Waals surface area contributed by atoms with E-state index in [1.807, 2.05) is 0 Å². The molecule has 6 atom stereocenters. The zero-order chi connectivity index (χ0) is 42.9. The molecule has 0 radical (unpaired) electrons. The fourth-order valence-electron chi connectivity index (χ4n) is 6.96. The first kappa shape index (κ1) is 54.9. The van der Waals surface area contributed by atoms with Crippen LogP contribution in [0.1, 0.15) is 187 Å². The highest BCUT2D eigenvalue weighted by atomic mass is 16.7. The van der Waals surface area contributed by atoms with Crippen LogP contribution in [0.25, 0.3) is 0 Å². The molecule has 4 N–H and O–H groups in total. The molecule has 342 valence electrons. The maximum atomic E-state index is 12.7. The van der Waals surface area contributed by atoms with E-state index in [9.17, 15) is 25.2 Å². The van der Waals surface area contributed by atoms with Crippen LogP contribution in [0, 0.1) is 0 Å². The van der Waals surface area contributed by atoms with Crippen LogP contribution >= 0.6 is 0 Å². The third kappa shape index (κ3) is 32.3. The molecule has 1 aliphatic rings. The van der Waals surface area contributed by atoms with Crippen molar-refractivity contribution in [2.45, 2.75) is 224 Å². The lowest BCUT2D eigenvalue weighted by atomic mass is 9.99. The Morgan fingerprint density at radius 3 is 1.58 bits per heavy atom. The van der Waals surface area contributed by atoms with Crippen LogP contribution in [0.3, 0.4) is 0 Å². The summed E-state index contributed by atoms with van der Waals surface area (Å²) in [6, 6.07) is 0. The highest BCUT2D eigenvalue weighted by Gasteiger charge is 2.44. The molecule has 1 heterocycles. The molecule has 9 nitrogen and oxygen atoms in total. The van der Waals surface area contributed by atoms with E-state index in [0.29, 0.717) is 13.0 Å². The number of rotatable bonds is 40. The first-order valence-electron chi connectivity index (χ1n) is 23.9. The largest absolute Gasteiger partial charge is 0.457 e. The Morgan fingerprint density at radius 2 is 1.03 bits per heavy atom. The van der Waals surface area contributed by atoms with Gasteiger partial charge in [-0.2, -0.15) is 0 Å². The van der Waals surface area contributed by atoms with E-state index in [2.05, 4.69) is 74.6 Å². The number of carbonyl (C=O) groups excluding carboxylic acids is 1. The first-order valence-corrected chi connectivity index (χ1v) is 23.9. The van der Waals surface area contributed by atoms with E-state index >= 15 is 0 Å². The van der Waals surface area contributed by atoms with E-state index in [0.717, 1.165) is 83.5 Å². The number of aliphatic hydroxyl groups is 4. The van der Waals surface area contributed by atoms with Gasteiger partial charge in [-0.05, 0) is 70.6 Å². The van der Waals surface area contributed by atoms with Crippen molar-refractivity contribution in [1.29, 1.82) is 0 Å². The Labute approximate surface area is 360 Å². The summed E-state index contributed by atoms with van der Waals surface area (Å²) < 4.78 is 22.8. The van der Waals surface area contributed by atoms with Crippen LogP contribution in [0.15, 0.2) is 60.8 Å². The molecule has 59 heavy (non-hydrogen) atoms. The van der Waals surface area contributed by atoms with Gasteiger partial charge < -0.3 is 39.4 Å². The van der Waals surface area contributed by atoms with Gasteiger partial charge in [-0.15, -0.1) is 0 Å². The number of aliphatic hydroxyl groups excluding tert-OH is 4. The second-order valence-corrected chi connectivity index (χ2v) is 16.2. The zero-order valence-electron chi connectivity index (χ0n) is 37.5. The van der Waals surface area contributed by atoms with Crippen molar-refractivity contribution in [3.05, 3.63) is 60.8 Å². The SMILES string of the molecule is CC/C=C\C/C=C\C/C=C\C/C=C\CCCCCCCCCCCCCCCOCC(COC1OC(CO)C(O)C(O)C1O)OC(=O)CCCCCCC/C=C\CCC. The van der Waals surface area contributed by atoms with Gasteiger partial charge in [-0.3, -0.25) is 4.79 Å². The molecular weight excluding hydrogens is 745 g/mol. The number of unbranched alkanes of at least 4 members (excludes halogenated alkanes) is 19. The van der Waals surface area contributed by atoms with Crippen molar-refractivity contribution in [3.8, 4) is 0 Å². The van der Waals surface area contributed by atoms with Crippen molar-refractivity contribution in [1.82, 2.24) is 0 Å². The molecule has 0 aromatic carbocycles. The van der Waals surface area contributed by atoms with E-state index in [4.69, 9.17) is 18.9 Å². The molecule has 0 amide bonds. The van der Waals surface area contributed by atoms with Gasteiger partial charge in [0.2, 0.25) is 0 Å². The minimum atomic E-state index is -1.54. The Morgan fingerprint density at radius 1 is 0.559 bits per heavy atom. The topological polar surface area (TPSA) is 135 Å². The van der Waals surface area contributed by atoms with Crippen molar-refractivity contribution < 1.29 is 44.2 Å². The number of esters is 1. The Bertz CT molecular complexity index is 1080. The third-order valence-corrected chi connectivity index (χ3v) is 10.6. The maximum absolute atomic E-state index is 12.7. The number of hydrogen-bond acceptors (Lipinski definition) is 9. The number of hydrogen-bond donors (Lipinski definition) is 4. The van der Waals surface area contributed by atoms with Gasteiger partial charge in [0.25, 0.3) is 0 Å². The summed E-state index contributed by atoms with van der Waals surface area (Å²) in [6.45, 7) is 4.37. The summed E-state index contributed by atoms with van der Waals surface area (Å²) in [7, 11) is 0. The lowest BCUT2D eigenvalue weighted by molar-refractivity contribution is -0.305. The third-order valence-electron chi connectivity index (χ3n) is 10.6. The fraction of sp³-hybridized carbons (Fsp3) is 0.780. The molecule has 0 spiro atoms. The summed E-state index contributed by atoms with van der Waals surface area (Å²) in [5, 5.41) is 40.1. The predicted molar refractivity (Wildman–Crippen MR) is 242 cm³/mol. The van der Waals surface area contributed by atoms with Crippen LogP contribution in [0.2, 0.25) is 0 Å². The second kappa shape index (κ2) is 41.3. The molecule has 6 unspecified atom stereocenters. The summed E-state index contributed by atoms with van der Waals surface area (Å²) in [4.78, 5) is 12.7. The van der Waals surface area contributed by atoms with Crippen molar-refractivity contribution in [3.63, 3.8) is 0 Å². The molecule has 0 aromatic rings. The van der Waals surface area contributed by atoms with Crippen LogP contribution in [-0.2, 0) is 23.7 Å². The van der Waals surface area contributed by atoms with Crippen molar-refractivity contribution >= 4 is 5.97 Å². The monoisotopic (exact) mass is 833 g/mol. The molecule has 0 aliphatic carbocycles. The highest BCUT2D eigenvalue weighted by Crippen LogP contribution is 2.22. The molecular formula is C50H88O9. The molecule has 1 fully saturated rings. The van der Waals surface area contributed by atoms with E-state index < -0.39 is 43.4 Å². The van der Waals surface area contributed by atoms with Crippen LogP contribution < -0.4 is 0 Å². The van der Waals surface area contributed by atoms with Gasteiger partial charge in [0.05, 0.1) is 19.8 Å². The average molecular weight is 833 g/mol. The number of carbonyl (C=O) groups is 1. The summed E-state index contributed by atoms with van der Waals surface area (Å²) in [5.41, 5.74) is 0. The van der Waals surface area contributed by atoms with E-state index in [-0.39, 0.29) is 19.2 Å². The Hall–Kier alpha value is -2.11. The Balaban J connectivity index is 2.15. The summed E-state index contributed by atoms with van der Waals surface area (Å²) in [5.74, 6) is -0.327. The normalized spacial score (nSPS) is 20.7. The Kier molecular flexibility index (Phi) is 38.4. The number of allylic oxidation sites excluding steroid dienone is 10. The highest BCUT2D eigenvalue weighted by molar-refractivity contribution is 5.69. The zero-order valence-corrected chi connectivity index (χ0v) is 37.5. The van der Waals surface area contributed by atoms with Gasteiger partial charge in [0.15, 0.2) is 6.29 Å². The van der Waals surface area contributed by atoms with E-state index in [1.54, 1.807) is 0 Å². The van der Waals surface area contributed by atoms with Gasteiger partial charge in [-0.1, -0.05) is 171 Å². The quantitative estimate of drug-likeness (QED) is 0.0270. The van der Waals surface area contributed by atoms with Gasteiger partial charge in [0, 0.05) is 13.0 Å². The number of ether oxygens (including phenoxy) is 4. The van der Waals surface area contributed by atoms with Crippen LogP contribution in [0.5, 0.6) is 0 Å². The lowest BCUT2D eigenvalue weighted by Gasteiger charge is -2.39.